The van der Waals surface area contributed by atoms with Crippen LogP contribution < -0.4 is 0 Å². The molecule has 2 aromatic heterocycles. The Hall–Kier alpha value is -1.40. The molecule has 0 spiro atoms. The van der Waals surface area contributed by atoms with E-state index in [9.17, 15) is 0 Å². The molecule has 0 aliphatic carbocycles. The first-order valence-electron chi connectivity index (χ1n) is 6.21. The Labute approximate surface area is 129 Å². The number of hydrogen-bond donors (Lipinski definition) is 0. The Morgan fingerprint density at radius 3 is 2.80 bits per heavy atom. The molecule has 0 saturated heterocycles. The second-order valence-corrected chi connectivity index (χ2v) is 6.33. The zero-order chi connectivity index (χ0) is 14.1. The van der Waals surface area contributed by atoms with Gasteiger partial charge in [0.2, 0.25) is 0 Å². The molecule has 0 bridgehead atoms. The van der Waals surface area contributed by atoms with Gasteiger partial charge < -0.3 is 0 Å². The average Bonchev–Trinajstić information content (AvgIpc) is 2.81. The zero-order valence-corrected chi connectivity index (χ0v) is 13.6. The molecule has 20 heavy (non-hydrogen) atoms. The van der Waals surface area contributed by atoms with Gasteiger partial charge in [-0.1, -0.05) is 45.9 Å². The molecule has 0 aliphatic heterocycles. The smallest absolute Gasteiger partial charge is 0.256 e. The van der Waals surface area contributed by atoms with Crippen molar-refractivity contribution in [2.24, 2.45) is 0 Å². The van der Waals surface area contributed by atoms with Gasteiger partial charge in [-0.05, 0) is 31.5 Å². The second kappa shape index (κ2) is 5.54. The van der Waals surface area contributed by atoms with Crippen molar-refractivity contribution in [3.63, 3.8) is 0 Å². The molecule has 3 aromatic rings. The molecule has 3 rings (SSSR count). The molecule has 0 saturated carbocycles. The van der Waals surface area contributed by atoms with E-state index >= 15 is 0 Å². The molecule has 1 aromatic carbocycles. The molecule has 0 radical (unpaired) electrons. The van der Waals surface area contributed by atoms with Crippen LogP contribution in [0.15, 0.2) is 40.0 Å². The Kier molecular flexibility index (Phi) is 3.76. The van der Waals surface area contributed by atoms with Gasteiger partial charge in [-0.25, -0.2) is 4.98 Å². The topological polar surface area (TPSA) is 43.1 Å². The predicted octanol–water partition coefficient (Wildman–Crippen LogP) is 3.80. The first kappa shape index (κ1) is 13.6. The standard InChI is InChI=1S/C14H13BrN4S/c1-9-7-10(2)19-13(16-9)17-18-14(19)20-8-11-5-3-4-6-12(11)15/h3-7H,8H2,1-2H3. The number of fused-ring (bicyclic) bond motifs is 1. The number of benzene rings is 1. The van der Waals surface area contributed by atoms with Crippen molar-refractivity contribution in [3.05, 3.63) is 51.8 Å². The van der Waals surface area contributed by atoms with Crippen molar-refractivity contribution in [2.75, 3.05) is 0 Å². The normalized spacial score (nSPS) is 11.2. The summed E-state index contributed by atoms with van der Waals surface area (Å²) in [5, 5.41) is 9.26. The van der Waals surface area contributed by atoms with Crippen LogP contribution in [0.2, 0.25) is 0 Å². The van der Waals surface area contributed by atoms with Gasteiger partial charge in [0.05, 0.1) is 0 Å². The molecule has 0 atom stereocenters. The summed E-state index contributed by atoms with van der Waals surface area (Å²) in [6.07, 6.45) is 0. The third kappa shape index (κ3) is 2.58. The van der Waals surface area contributed by atoms with Crippen molar-refractivity contribution in [2.45, 2.75) is 24.8 Å². The maximum Gasteiger partial charge on any atom is 0.256 e. The van der Waals surface area contributed by atoms with Crippen LogP contribution in [0.1, 0.15) is 17.0 Å². The van der Waals surface area contributed by atoms with E-state index in [0.29, 0.717) is 5.78 Å². The van der Waals surface area contributed by atoms with Gasteiger partial charge in [-0.15, -0.1) is 10.2 Å². The van der Waals surface area contributed by atoms with Crippen LogP contribution in [0.25, 0.3) is 5.78 Å². The fraction of sp³-hybridized carbons (Fsp3) is 0.214. The molecule has 0 aliphatic rings. The minimum atomic E-state index is 0.664. The zero-order valence-electron chi connectivity index (χ0n) is 11.2. The van der Waals surface area contributed by atoms with Crippen LogP contribution in [0, 0.1) is 13.8 Å². The summed E-state index contributed by atoms with van der Waals surface area (Å²) in [5.41, 5.74) is 3.31. The number of nitrogens with zero attached hydrogens (tertiary/aromatic N) is 4. The largest absolute Gasteiger partial charge is 0.259 e. The maximum absolute atomic E-state index is 4.40. The van der Waals surface area contributed by atoms with E-state index in [2.05, 4.69) is 37.2 Å². The first-order chi connectivity index (χ1) is 9.65. The summed E-state index contributed by atoms with van der Waals surface area (Å²) in [5.74, 6) is 1.51. The summed E-state index contributed by atoms with van der Waals surface area (Å²) in [4.78, 5) is 4.40. The quantitative estimate of drug-likeness (QED) is 0.675. The summed E-state index contributed by atoms with van der Waals surface area (Å²) in [6.45, 7) is 4.02. The van der Waals surface area contributed by atoms with E-state index in [-0.39, 0.29) is 0 Å². The van der Waals surface area contributed by atoms with Crippen LogP contribution in [0.5, 0.6) is 0 Å². The maximum atomic E-state index is 4.40. The van der Waals surface area contributed by atoms with Crippen molar-refractivity contribution < 1.29 is 0 Å². The van der Waals surface area contributed by atoms with Crippen LogP contribution in [-0.2, 0) is 5.75 Å². The minimum absolute atomic E-state index is 0.664. The fourth-order valence-corrected chi connectivity index (χ4v) is 3.65. The minimum Gasteiger partial charge on any atom is -0.259 e. The van der Waals surface area contributed by atoms with Gasteiger partial charge in [-0.3, -0.25) is 4.40 Å². The number of aromatic nitrogens is 4. The third-order valence-electron chi connectivity index (χ3n) is 2.98. The van der Waals surface area contributed by atoms with E-state index in [4.69, 9.17) is 0 Å². The van der Waals surface area contributed by atoms with Crippen LogP contribution in [-0.4, -0.2) is 19.6 Å². The van der Waals surface area contributed by atoms with E-state index in [1.165, 1.54) is 5.56 Å². The lowest BCUT2D eigenvalue weighted by Crippen LogP contribution is -1.97. The van der Waals surface area contributed by atoms with Gasteiger partial charge in [0, 0.05) is 21.6 Å². The summed E-state index contributed by atoms with van der Waals surface area (Å²) in [7, 11) is 0. The molecule has 6 heteroatoms. The SMILES string of the molecule is Cc1cc(C)n2c(SCc3ccccc3Br)nnc2n1. The van der Waals surface area contributed by atoms with E-state index < -0.39 is 0 Å². The highest BCUT2D eigenvalue weighted by Crippen LogP contribution is 2.26. The van der Waals surface area contributed by atoms with Crippen molar-refractivity contribution in [3.8, 4) is 0 Å². The van der Waals surface area contributed by atoms with Gasteiger partial charge in [0.15, 0.2) is 5.16 Å². The van der Waals surface area contributed by atoms with Crippen molar-refractivity contribution in [1.82, 2.24) is 19.6 Å². The predicted molar refractivity (Wildman–Crippen MR) is 84.0 cm³/mol. The number of thioether (sulfide) groups is 1. The molecule has 0 amide bonds. The Morgan fingerprint density at radius 2 is 2.00 bits per heavy atom. The first-order valence-corrected chi connectivity index (χ1v) is 7.98. The van der Waals surface area contributed by atoms with Crippen molar-refractivity contribution in [1.29, 1.82) is 0 Å². The van der Waals surface area contributed by atoms with E-state index in [0.717, 1.165) is 26.8 Å². The molecule has 4 nitrogen and oxygen atoms in total. The van der Waals surface area contributed by atoms with Gasteiger partial charge in [0.25, 0.3) is 5.78 Å². The summed E-state index contributed by atoms with van der Waals surface area (Å²) < 4.78 is 3.11. The second-order valence-electron chi connectivity index (χ2n) is 4.54. The molecular formula is C14H13BrN4S. The monoisotopic (exact) mass is 348 g/mol. The highest BCUT2D eigenvalue weighted by atomic mass is 79.9. The Morgan fingerprint density at radius 1 is 1.20 bits per heavy atom. The van der Waals surface area contributed by atoms with Crippen LogP contribution >= 0.6 is 27.7 Å². The Balaban J connectivity index is 1.90. The fourth-order valence-electron chi connectivity index (χ4n) is 2.05. The van der Waals surface area contributed by atoms with E-state index in [1.807, 2.05) is 42.5 Å². The van der Waals surface area contributed by atoms with E-state index in [1.54, 1.807) is 11.8 Å². The lowest BCUT2D eigenvalue weighted by atomic mass is 10.2. The summed E-state index contributed by atoms with van der Waals surface area (Å²) >= 11 is 5.23. The Bertz CT molecular complexity index is 769. The van der Waals surface area contributed by atoms with Gasteiger partial charge >= 0.3 is 0 Å². The number of aryl methyl sites for hydroxylation is 2. The molecular weight excluding hydrogens is 336 g/mol. The van der Waals surface area contributed by atoms with Crippen molar-refractivity contribution >= 4 is 33.5 Å². The molecule has 0 unspecified atom stereocenters. The lowest BCUT2D eigenvalue weighted by Gasteiger charge is -2.05. The third-order valence-corrected chi connectivity index (χ3v) is 4.73. The molecule has 2 heterocycles. The average molecular weight is 349 g/mol. The lowest BCUT2D eigenvalue weighted by molar-refractivity contribution is 0.886. The van der Waals surface area contributed by atoms with Gasteiger partial charge in [0.1, 0.15) is 0 Å². The highest BCUT2D eigenvalue weighted by Gasteiger charge is 2.10. The molecule has 102 valence electrons. The molecule has 0 fully saturated rings. The van der Waals surface area contributed by atoms with Crippen LogP contribution in [0.3, 0.4) is 0 Å². The number of rotatable bonds is 3. The van der Waals surface area contributed by atoms with Crippen LogP contribution in [0.4, 0.5) is 0 Å². The number of halogens is 1. The van der Waals surface area contributed by atoms with Gasteiger partial charge in [-0.2, -0.15) is 0 Å². The summed E-state index contributed by atoms with van der Waals surface area (Å²) in [6, 6.07) is 10.3. The number of hydrogen-bond acceptors (Lipinski definition) is 4. The molecule has 0 N–H and O–H groups in total. The highest BCUT2D eigenvalue weighted by molar-refractivity contribution is 9.10.